The van der Waals surface area contributed by atoms with Crippen molar-refractivity contribution in [1.29, 1.82) is 0 Å². The van der Waals surface area contributed by atoms with E-state index in [-0.39, 0.29) is 11.7 Å². The van der Waals surface area contributed by atoms with Gasteiger partial charge in [-0.05, 0) is 36.6 Å². The van der Waals surface area contributed by atoms with Crippen LogP contribution in [0, 0.1) is 0 Å². The Hall–Kier alpha value is -2.74. The van der Waals surface area contributed by atoms with Gasteiger partial charge in [0.15, 0.2) is 5.76 Å². The van der Waals surface area contributed by atoms with E-state index < -0.39 is 11.8 Å². The fourth-order valence-electron chi connectivity index (χ4n) is 2.70. The van der Waals surface area contributed by atoms with Crippen molar-refractivity contribution in [3.05, 3.63) is 48.4 Å². The number of amides is 3. The van der Waals surface area contributed by atoms with E-state index in [1.807, 2.05) is 24.5 Å². The first-order chi connectivity index (χ1) is 12.6. The molecule has 1 aromatic heterocycles. The van der Waals surface area contributed by atoms with Crippen molar-refractivity contribution in [1.82, 2.24) is 9.80 Å². The quantitative estimate of drug-likeness (QED) is 0.657. The van der Waals surface area contributed by atoms with Crippen molar-refractivity contribution < 1.29 is 18.8 Å². The van der Waals surface area contributed by atoms with Crippen LogP contribution in [0.2, 0.25) is 0 Å². The third-order valence-electron chi connectivity index (χ3n) is 4.11. The van der Waals surface area contributed by atoms with Crippen molar-refractivity contribution in [2.24, 2.45) is 0 Å². The van der Waals surface area contributed by atoms with Crippen LogP contribution < -0.4 is 5.32 Å². The summed E-state index contributed by atoms with van der Waals surface area (Å²) in [5, 5.41) is 2.63. The molecule has 0 aliphatic carbocycles. The van der Waals surface area contributed by atoms with Gasteiger partial charge in [0.05, 0.1) is 6.26 Å². The predicted molar refractivity (Wildman–Crippen MR) is 98.0 cm³/mol. The van der Waals surface area contributed by atoms with Crippen molar-refractivity contribution in [3.63, 3.8) is 0 Å². The van der Waals surface area contributed by atoms with Crippen LogP contribution in [0.3, 0.4) is 0 Å². The van der Waals surface area contributed by atoms with E-state index in [0.717, 1.165) is 4.90 Å². The van der Waals surface area contributed by atoms with Crippen LogP contribution in [0.1, 0.15) is 10.6 Å². The summed E-state index contributed by atoms with van der Waals surface area (Å²) >= 11 is 1.56. The minimum absolute atomic E-state index is 0.208. The molecule has 8 heteroatoms. The number of thioether (sulfide) groups is 1. The standard InChI is InChI=1S/C18H19N3O4S/c1-26-14-5-2-4-13(12-14)19-16(22)18(24)21-9-7-20(8-10-21)17(23)15-6-3-11-25-15/h2-6,11-12H,7-10H2,1H3,(H,19,22). The van der Waals surface area contributed by atoms with Crippen LogP contribution >= 0.6 is 11.8 Å². The number of rotatable bonds is 3. The molecule has 0 saturated carbocycles. The Kier molecular flexibility index (Phi) is 5.62. The van der Waals surface area contributed by atoms with E-state index in [1.165, 1.54) is 11.2 Å². The topological polar surface area (TPSA) is 82.9 Å². The Morgan fingerprint density at radius 1 is 1.04 bits per heavy atom. The molecule has 1 aromatic carbocycles. The Labute approximate surface area is 155 Å². The molecular formula is C18H19N3O4S. The molecule has 0 spiro atoms. The SMILES string of the molecule is CSc1cccc(NC(=O)C(=O)N2CCN(C(=O)c3ccco3)CC2)c1. The summed E-state index contributed by atoms with van der Waals surface area (Å²) in [6, 6.07) is 10.6. The molecule has 1 N–H and O–H groups in total. The zero-order valence-electron chi connectivity index (χ0n) is 14.3. The van der Waals surface area contributed by atoms with E-state index in [2.05, 4.69) is 5.32 Å². The third-order valence-corrected chi connectivity index (χ3v) is 4.83. The lowest BCUT2D eigenvalue weighted by Gasteiger charge is -2.33. The molecular weight excluding hydrogens is 354 g/mol. The second-order valence-corrected chi connectivity index (χ2v) is 6.63. The first kappa shape index (κ1) is 18.1. The van der Waals surface area contributed by atoms with E-state index >= 15 is 0 Å². The smallest absolute Gasteiger partial charge is 0.313 e. The first-order valence-corrected chi connectivity index (χ1v) is 9.38. The van der Waals surface area contributed by atoms with E-state index in [0.29, 0.717) is 31.9 Å². The number of anilines is 1. The number of nitrogens with zero attached hydrogens (tertiary/aromatic N) is 2. The van der Waals surface area contributed by atoms with Gasteiger partial charge in [-0.25, -0.2) is 0 Å². The maximum absolute atomic E-state index is 12.3. The number of nitrogens with one attached hydrogen (secondary N) is 1. The van der Waals surface area contributed by atoms with Gasteiger partial charge in [0.1, 0.15) is 0 Å². The zero-order valence-corrected chi connectivity index (χ0v) is 15.1. The lowest BCUT2D eigenvalue weighted by molar-refractivity contribution is -0.144. The van der Waals surface area contributed by atoms with Crippen LogP contribution in [0.15, 0.2) is 52.0 Å². The van der Waals surface area contributed by atoms with Gasteiger partial charge >= 0.3 is 11.8 Å². The van der Waals surface area contributed by atoms with Gasteiger partial charge in [-0.15, -0.1) is 11.8 Å². The zero-order chi connectivity index (χ0) is 18.5. The van der Waals surface area contributed by atoms with Gasteiger partial charge in [0.2, 0.25) is 0 Å². The largest absolute Gasteiger partial charge is 0.459 e. The average molecular weight is 373 g/mol. The highest BCUT2D eigenvalue weighted by Gasteiger charge is 2.29. The van der Waals surface area contributed by atoms with Crippen molar-refractivity contribution in [2.75, 3.05) is 37.8 Å². The summed E-state index contributed by atoms with van der Waals surface area (Å²) in [6.07, 6.45) is 3.39. The molecule has 0 radical (unpaired) electrons. The molecule has 2 heterocycles. The number of hydrogen-bond acceptors (Lipinski definition) is 5. The monoisotopic (exact) mass is 373 g/mol. The van der Waals surface area contributed by atoms with E-state index in [9.17, 15) is 14.4 Å². The van der Waals surface area contributed by atoms with E-state index in [1.54, 1.807) is 34.9 Å². The fourth-order valence-corrected chi connectivity index (χ4v) is 3.16. The number of carbonyl (C=O) groups is 3. The van der Waals surface area contributed by atoms with Crippen LogP contribution in [0.4, 0.5) is 5.69 Å². The molecule has 7 nitrogen and oxygen atoms in total. The molecule has 136 valence electrons. The summed E-state index contributed by atoms with van der Waals surface area (Å²) in [6.45, 7) is 1.34. The maximum Gasteiger partial charge on any atom is 0.313 e. The number of furan rings is 1. The molecule has 1 aliphatic rings. The van der Waals surface area contributed by atoms with Gasteiger partial charge < -0.3 is 19.5 Å². The number of benzene rings is 1. The minimum Gasteiger partial charge on any atom is -0.459 e. The van der Waals surface area contributed by atoms with Crippen LogP contribution in [0.25, 0.3) is 0 Å². The Morgan fingerprint density at radius 3 is 2.42 bits per heavy atom. The number of carbonyl (C=O) groups excluding carboxylic acids is 3. The van der Waals surface area contributed by atoms with Crippen molar-refractivity contribution in [3.8, 4) is 0 Å². The number of piperazine rings is 1. The average Bonchev–Trinajstić information content (AvgIpc) is 3.22. The highest BCUT2D eigenvalue weighted by Crippen LogP contribution is 2.19. The summed E-state index contributed by atoms with van der Waals surface area (Å²) < 4.78 is 5.11. The molecule has 26 heavy (non-hydrogen) atoms. The summed E-state index contributed by atoms with van der Waals surface area (Å²) in [5.74, 6) is -1.20. The van der Waals surface area contributed by atoms with Crippen LogP contribution in [-0.2, 0) is 9.59 Å². The second-order valence-electron chi connectivity index (χ2n) is 5.75. The predicted octanol–water partition coefficient (Wildman–Crippen LogP) is 1.92. The first-order valence-electron chi connectivity index (χ1n) is 8.15. The van der Waals surface area contributed by atoms with Gasteiger partial charge in [-0.1, -0.05) is 6.07 Å². The lowest BCUT2D eigenvalue weighted by atomic mass is 10.2. The molecule has 1 saturated heterocycles. The summed E-state index contributed by atoms with van der Waals surface area (Å²) in [4.78, 5) is 40.8. The summed E-state index contributed by atoms with van der Waals surface area (Å²) in [5.41, 5.74) is 0.585. The van der Waals surface area contributed by atoms with Crippen molar-refractivity contribution >= 4 is 35.2 Å². The molecule has 1 aliphatic heterocycles. The molecule has 1 fully saturated rings. The number of hydrogen-bond donors (Lipinski definition) is 1. The highest BCUT2D eigenvalue weighted by atomic mass is 32.2. The van der Waals surface area contributed by atoms with Gasteiger partial charge in [-0.3, -0.25) is 14.4 Å². The molecule has 0 bridgehead atoms. The molecule has 0 unspecified atom stereocenters. The lowest BCUT2D eigenvalue weighted by Crippen LogP contribution is -2.52. The molecule has 3 rings (SSSR count). The van der Waals surface area contributed by atoms with Crippen LogP contribution in [0.5, 0.6) is 0 Å². The van der Waals surface area contributed by atoms with Gasteiger partial charge in [0.25, 0.3) is 5.91 Å². The normalized spacial score (nSPS) is 14.2. The second kappa shape index (κ2) is 8.09. The van der Waals surface area contributed by atoms with Crippen LogP contribution in [-0.4, -0.2) is 60.0 Å². The molecule has 3 amide bonds. The van der Waals surface area contributed by atoms with Crippen molar-refractivity contribution in [2.45, 2.75) is 4.90 Å². The van der Waals surface area contributed by atoms with Gasteiger partial charge in [0, 0.05) is 36.8 Å². The fraction of sp³-hybridized carbons (Fsp3) is 0.278. The molecule has 2 aromatic rings. The Balaban J connectivity index is 1.54. The maximum atomic E-state index is 12.3. The Bertz CT molecular complexity index is 799. The highest BCUT2D eigenvalue weighted by molar-refractivity contribution is 7.98. The van der Waals surface area contributed by atoms with E-state index in [4.69, 9.17) is 4.42 Å². The Morgan fingerprint density at radius 2 is 1.77 bits per heavy atom. The molecule has 0 atom stereocenters. The summed E-state index contributed by atoms with van der Waals surface area (Å²) in [7, 11) is 0. The minimum atomic E-state index is -0.672. The van der Waals surface area contributed by atoms with Gasteiger partial charge in [-0.2, -0.15) is 0 Å². The third kappa shape index (κ3) is 4.08.